The Bertz CT molecular complexity index is 750. The molecule has 1 aliphatic heterocycles. The second-order valence-corrected chi connectivity index (χ2v) is 7.30. The maximum absolute atomic E-state index is 12.7. The van der Waals surface area contributed by atoms with Crippen LogP contribution in [0, 0.1) is 0 Å². The molecule has 0 spiro atoms. The molecule has 2 N–H and O–H groups in total. The number of benzene rings is 1. The molecule has 10 heteroatoms. The van der Waals surface area contributed by atoms with Gasteiger partial charge in [0.25, 0.3) is 0 Å². The summed E-state index contributed by atoms with van der Waals surface area (Å²) in [6.45, 7) is 0. The molecule has 1 saturated heterocycles. The Morgan fingerprint density at radius 3 is 2.76 bits per heavy atom. The molecule has 1 heterocycles. The van der Waals surface area contributed by atoms with Gasteiger partial charge in [-0.15, -0.1) is 0 Å². The lowest BCUT2D eigenvalue weighted by molar-refractivity contribution is -0.137. The van der Waals surface area contributed by atoms with Crippen molar-refractivity contribution in [3.05, 3.63) is 28.8 Å². The molecule has 2 fully saturated rings. The molecule has 0 unspecified atom stereocenters. The highest BCUT2D eigenvalue weighted by molar-refractivity contribution is 8.15. The van der Waals surface area contributed by atoms with Crippen LogP contribution in [0.15, 0.2) is 23.2 Å². The Morgan fingerprint density at radius 1 is 1.40 bits per heavy atom. The van der Waals surface area contributed by atoms with Crippen LogP contribution >= 0.6 is 23.4 Å². The van der Waals surface area contributed by atoms with Crippen molar-refractivity contribution in [1.82, 2.24) is 5.32 Å². The Balaban J connectivity index is 1.64. The molecule has 1 atom stereocenters. The van der Waals surface area contributed by atoms with Crippen molar-refractivity contribution < 1.29 is 22.8 Å². The molecule has 1 aromatic rings. The molecule has 25 heavy (non-hydrogen) atoms. The number of halogens is 4. The van der Waals surface area contributed by atoms with Crippen molar-refractivity contribution in [2.45, 2.75) is 36.7 Å². The smallest absolute Gasteiger partial charge is 0.325 e. The van der Waals surface area contributed by atoms with E-state index >= 15 is 0 Å². The Morgan fingerprint density at radius 2 is 2.12 bits per heavy atom. The second-order valence-electron chi connectivity index (χ2n) is 5.71. The summed E-state index contributed by atoms with van der Waals surface area (Å²) in [5.74, 6) is -0.934. The van der Waals surface area contributed by atoms with Crippen LogP contribution < -0.4 is 10.6 Å². The number of carbonyl (C=O) groups excluding carboxylic acids is 2. The number of hydrogen-bond donors (Lipinski definition) is 2. The average molecular weight is 392 g/mol. The molecule has 1 aliphatic carbocycles. The maximum Gasteiger partial charge on any atom is 0.416 e. The van der Waals surface area contributed by atoms with Crippen molar-refractivity contribution >= 4 is 46.0 Å². The highest BCUT2D eigenvalue weighted by Gasteiger charge is 2.34. The molecule has 2 aliphatic rings. The quantitative estimate of drug-likeness (QED) is 0.826. The van der Waals surface area contributed by atoms with Crippen molar-refractivity contribution in [1.29, 1.82) is 0 Å². The number of alkyl halides is 3. The van der Waals surface area contributed by atoms with Crippen molar-refractivity contribution in [3.8, 4) is 0 Å². The number of carbonyl (C=O) groups is 2. The van der Waals surface area contributed by atoms with Crippen LogP contribution in [-0.4, -0.2) is 28.3 Å². The summed E-state index contributed by atoms with van der Waals surface area (Å²) in [5.41, 5.74) is -1.06. The lowest BCUT2D eigenvalue weighted by atomic mass is 10.2. The fourth-order valence-electron chi connectivity index (χ4n) is 2.14. The third kappa shape index (κ3) is 4.66. The van der Waals surface area contributed by atoms with Crippen LogP contribution in [-0.2, 0) is 15.8 Å². The molecule has 3 rings (SSSR count). The molecule has 2 amide bonds. The highest BCUT2D eigenvalue weighted by atomic mass is 35.5. The molecule has 0 aromatic heterocycles. The summed E-state index contributed by atoms with van der Waals surface area (Å²) in [7, 11) is 0. The van der Waals surface area contributed by atoms with Crippen LogP contribution in [0.2, 0.25) is 5.02 Å². The summed E-state index contributed by atoms with van der Waals surface area (Å²) >= 11 is 6.99. The Hall–Kier alpha value is -1.74. The van der Waals surface area contributed by atoms with Crippen LogP contribution in [0.25, 0.3) is 0 Å². The normalized spacial score (nSPS) is 22.2. The summed E-state index contributed by atoms with van der Waals surface area (Å²) in [5, 5.41) is 4.75. The van der Waals surface area contributed by atoms with E-state index < -0.39 is 22.9 Å². The van der Waals surface area contributed by atoms with E-state index in [1.807, 2.05) is 0 Å². The third-order valence-electron chi connectivity index (χ3n) is 3.56. The Labute approximate surface area is 150 Å². The van der Waals surface area contributed by atoms with Crippen LogP contribution in [0.5, 0.6) is 0 Å². The number of thioether (sulfide) groups is 1. The summed E-state index contributed by atoms with van der Waals surface area (Å²) in [4.78, 5) is 28.2. The average Bonchev–Trinajstić information content (AvgIpc) is 3.24. The maximum atomic E-state index is 12.7. The molecule has 1 aromatic carbocycles. The predicted molar refractivity (Wildman–Crippen MR) is 89.7 cm³/mol. The zero-order valence-corrected chi connectivity index (χ0v) is 14.3. The van der Waals surface area contributed by atoms with Gasteiger partial charge in [-0.3, -0.25) is 14.6 Å². The van der Waals surface area contributed by atoms with E-state index in [1.165, 1.54) is 0 Å². The number of rotatable bonds is 4. The number of nitrogens with zero attached hydrogens (tertiary/aromatic N) is 1. The largest absolute Gasteiger partial charge is 0.416 e. The first-order chi connectivity index (χ1) is 11.7. The highest BCUT2D eigenvalue weighted by Crippen LogP contribution is 2.34. The van der Waals surface area contributed by atoms with E-state index in [9.17, 15) is 22.8 Å². The van der Waals surface area contributed by atoms with Crippen LogP contribution in [0.4, 0.5) is 18.9 Å². The van der Waals surface area contributed by atoms with Gasteiger partial charge in [-0.1, -0.05) is 23.4 Å². The van der Waals surface area contributed by atoms with E-state index in [2.05, 4.69) is 15.6 Å². The number of amidine groups is 1. The predicted octanol–water partition coefficient (Wildman–Crippen LogP) is 3.44. The van der Waals surface area contributed by atoms with Crippen LogP contribution in [0.3, 0.4) is 0 Å². The first-order valence-corrected chi connectivity index (χ1v) is 8.70. The van der Waals surface area contributed by atoms with Gasteiger partial charge in [-0.25, -0.2) is 0 Å². The van der Waals surface area contributed by atoms with Gasteiger partial charge in [0.05, 0.1) is 22.3 Å². The topological polar surface area (TPSA) is 70.6 Å². The van der Waals surface area contributed by atoms with Gasteiger partial charge in [0, 0.05) is 6.42 Å². The molecular weight excluding hydrogens is 379 g/mol. The zero-order valence-electron chi connectivity index (χ0n) is 12.7. The molecule has 0 bridgehead atoms. The summed E-state index contributed by atoms with van der Waals surface area (Å²) in [6, 6.07) is 2.90. The SMILES string of the molecule is O=C(C[C@@H]1SC(=NC2CC2)NC1=O)Nc1cc(C(F)(F)F)ccc1Cl. The van der Waals surface area contributed by atoms with Gasteiger partial charge in [-0.2, -0.15) is 13.2 Å². The third-order valence-corrected chi connectivity index (χ3v) is 4.99. The first kappa shape index (κ1) is 18.1. The van der Waals surface area contributed by atoms with Crippen molar-refractivity contribution in [3.63, 3.8) is 0 Å². The van der Waals surface area contributed by atoms with Gasteiger partial charge in [-0.05, 0) is 31.0 Å². The number of aliphatic imine (C=N–C) groups is 1. The van der Waals surface area contributed by atoms with Gasteiger partial charge in [0.15, 0.2) is 5.17 Å². The molecule has 0 radical (unpaired) electrons. The molecular formula is C15H13ClF3N3O2S. The standard InChI is InChI=1S/C15H13ClF3N3O2S/c16-9-4-1-7(15(17,18)19)5-10(9)21-12(23)6-11-13(24)22-14(25-11)20-8-2-3-8/h1,4-5,8,11H,2-3,6H2,(H,21,23)(H,20,22,24)/t11-/m0/s1. The monoisotopic (exact) mass is 391 g/mol. The van der Waals surface area contributed by atoms with E-state index in [0.29, 0.717) is 5.17 Å². The lowest BCUT2D eigenvalue weighted by Crippen LogP contribution is -2.28. The molecule has 134 valence electrons. The Kier molecular flexibility index (Phi) is 4.97. The van der Waals surface area contributed by atoms with Crippen LogP contribution in [0.1, 0.15) is 24.8 Å². The number of anilines is 1. The molecule has 5 nitrogen and oxygen atoms in total. The number of hydrogen-bond acceptors (Lipinski definition) is 4. The molecule has 1 saturated carbocycles. The van der Waals surface area contributed by atoms with Crippen molar-refractivity contribution in [2.24, 2.45) is 4.99 Å². The second kappa shape index (κ2) is 6.87. The minimum Gasteiger partial charge on any atom is -0.325 e. The zero-order chi connectivity index (χ0) is 18.2. The van der Waals surface area contributed by atoms with Gasteiger partial charge >= 0.3 is 6.18 Å². The van der Waals surface area contributed by atoms with E-state index in [-0.39, 0.29) is 29.1 Å². The van der Waals surface area contributed by atoms with E-state index in [0.717, 1.165) is 42.8 Å². The van der Waals surface area contributed by atoms with E-state index in [1.54, 1.807) is 0 Å². The van der Waals surface area contributed by atoms with Gasteiger partial charge in [0.1, 0.15) is 5.25 Å². The fourth-order valence-corrected chi connectivity index (χ4v) is 3.34. The van der Waals surface area contributed by atoms with Crippen molar-refractivity contribution in [2.75, 3.05) is 5.32 Å². The number of nitrogens with one attached hydrogen (secondary N) is 2. The summed E-state index contributed by atoms with van der Waals surface area (Å²) in [6.07, 6.45) is -2.76. The minimum absolute atomic E-state index is 0.0131. The van der Waals surface area contributed by atoms with Gasteiger partial charge in [0.2, 0.25) is 11.8 Å². The summed E-state index contributed by atoms with van der Waals surface area (Å²) < 4.78 is 38.2. The van der Waals surface area contributed by atoms with Gasteiger partial charge < -0.3 is 10.6 Å². The fraction of sp³-hybridized carbons (Fsp3) is 0.400. The first-order valence-electron chi connectivity index (χ1n) is 7.44. The minimum atomic E-state index is -4.54. The number of amides is 2. The van der Waals surface area contributed by atoms with E-state index in [4.69, 9.17) is 11.6 Å². The lowest BCUT2D eigenvalue weighted by Gasteiger charge is -2.12.